The summed E-state index contributed by atoms with van der Waals surface area (Å²) in [5.41, 5.74) is 3.11. The van der Waals surface area contributed by atoms with E-state index < -0.39 is 0 Å². The number of carbonyl (C=O) groups excluding carboxylic acids is 2. The Morgan fingerprint density at radius 1 is 1.14 bits per heavy atom. The maximum absolute atomic E-state index is 10.4. The first kappa shape index (κ1) is 15.4. The van der Waals surface area contributed by atoms with Gasteiger partial charge in [-0.1, -0.05) is 19.1 Å². The lowest BCUT2D eigenvalue weighted by molar-refractivity contribution is 0.325. The third kappa shape index (κ3) is 4.22. The summed E-state index contributed by atoms with van der Waals surface area (Å²) in [5, 5.41) is 0. The molecule has 0 bridgehead atoms. The number of rotatable bonds is 5. The molecule has 110 valence electrons. The second-order valence-electron chi connectivity index (χ2n) is 5.62. The molecule has 1 aliphatic rings. The van der Waals surface area contributed by atoms with Gasteiger partial charge in [-0.25, -0.2) is 14.6 Å². The summed E-state index contributed by atoms with van der Waals surface area (Å²) < 4.78 is 0. The van der Waals surface area contributed by atoms with Crippen molar-refractivity contribution in [2.75, 3.05) is 0 Å². The quantitative estimate of drug-likeness (QED) is 0.612. The smallest absolute Gasteiger partial charge is 0.211 e. The molecule has 0 radical (unpaired) electrons. The monoisotopic (exact) mass is 284 g/mol. The van der Waals surface area contributed by atoms with Gasteiger partial charge in [-0.3, -0.25) is 0 Å². The molecule has 2 rings (SSSR count). The summed E-state index contributed by atoms with van der Waals surface area (Å²) in [6, 6.07) is 6.27. The lowest BCUT2D eigenvalue weighted by Gasteiger charge is -2.25. The van der Waals surface area contributed by atoms with Crippen molar-refractivity contribution < 1.29 is 9.59 Å². The molecule has 0 N–H and O–H groups in total. The molecule has 0 amide bonds. The van der Waals surface area contributed by atoms with Crippen LogP contribution in [-0.4, -0.2) is 18.2 Å². The van der Waals surface area contributed by atoms with Crippen LogP contribution in [0.3, 0.4) is 0 Å². The number of isocyanates is 2. The van der Waals surface area contributed by atoms with E-state index in [9.17, 15) is 9.59 Å². The maximum Gasteiger partial charge on any atom is 0.240 e. The van der Waals surface area contributed by atoms with Gasteiger partial charge in [0.2, 0.25) is 12.2 Å². The first-order chi connectivity index (χ1) is 10.3. The molecule has 1 saturated carbocycles. The Morgan fingerprint density at radius 3 is 2.52 bits per heavy atom. The predicted molar refractivity (Wildman–Crippen MR) is 81.2 cm³/mol. The molecule has 0 saturated heterocycles. The molecule has 0 heterocycles. The first-order valence-corrected chi connectivity index (χ1v) is 7.53. The van der Waals surface area contributed by atoms with E-state index in [2.05, 4.69) is 23.0 Å². The van der Waals surface area contributed by atoms with E-state index in [1.165, 1.54) is 5.56 Å². The zero-order valence-electron chi connectivity index (χ0n) is 12.3. The van der Waals surface area contributed by atoms with Gasteiger partial charge in [0.25, 0.3) is 0 Å². The Hall–Kier alpha value is -2.02. The fourth-order valence-corrected chi connectivity index (χ4v) is 3.09. The number of benzene rings is 1. The standard InChI is InChI=1S/C17H20N2O2/c1-2-15-10-14(5-8-17(15)19-12-21)9-13-3-6-16(7-4-13)18-11-20/h5,8,10,13,16H,2-4,6-7,9H2,1H3. The van der Waals surface area contributed by atoms with E-state index in [-0.39, 0.29) is 6.04 Å². The number of aryl methyl sites for hydroxylation is 1. The molecule has 1 aromatic rings. The van der Waals surface area contributed by atoms with Gasteiger partial charge in [-0.15, -0.1) is 0 Å². The SMILES string of the molecule is CCc1cc(CC2CCC(N=C=O)CC2)ccc1N=C=O. The molecule has 1 aromatic carbocycles. The zero-order chi connectivity index (χ0) is 15.1. The van der Waals surface area contributed by atoms with Crippen LogP contribution >= 0.6 is 0 Å². The number of hydrogen-bond acceptors (Lipinski definition) is 4. The van der Waals surface area contributed by atoms with Crippen LogP contribution in [0.2, 0.25) is 0 Å². The maximum atomic E-state index is 10.4. The van der Waals surface area contributed by atoms with Crippen LogP contribution < -0.4 is 0 Å². The average molecular weight is 284 g/mol. The van der Waals surface area contributed by atoms with Gasteiger partial charge in [0.1, 0.15) is 0 Å². The van der Waals surface area contributed by atoms with Crippen LogP contribution in [0.4, 0.5) is 5.69 Å². The minimum absolute atomic E-state index is 0.175. The molecule has 0 aromatic heterocycles. The van der Waals surface area contributed by atoms with Gasteiger partial charge in [0, 0.05) is 0 Å². The number of nitrogens with zero attached hydrogens (tertiary/aromatic N) is 2. The highest BCUT2D eigenvalue weighted by atomic mass is 16.1. The summed E-state index contributed by atoms with van der Waals surface area (Å²) in [5.74, 6) is 0.647. The summed E-state index contributed by atoms with van der Waals surface area (Å²) in [7, 11) is 0. The van der Waals surface area contributed by atoms with Gasteiger partial charge in [0.05, 0.1) is 11.7 Å². The molecule has 4 heteroatoms. The molecule has 0 aliphatic heterocycles. The van der Waals surface area contributed by atoms with Crippen LogP contribution in [0.1, 0.15) is 43.7 Å². The Bertz CT molecular complexity index is 576. The largest absolute Gasteiger partial charge is 0.240 e. The molecular formula is C17H20N2O2. The van der Waals surface area contributed by atoms with E-state index in [1.54, 1.807) is 12.2 Å². The van der Waals surface area contributed by atoms with Crippen LogP contribution in [0.5, 0.6) is 0 Å². The fourth-order valence-electron chi connectivity index (χ4n) is 3.09. The van der Waals surface area contributed by atoms with Gasteiger partial charge in [-0.2, -0.15) is 4.99 Å². The van der Waals surface area contributed by atoms with Gasteiger partial charge in [-0.05, 0) is 61.6 Å². The summed E-state index contributed by atoms with van der Waals surface area (Å²) in [6.45, 7) is 2.06. The fraction of sp³-hybridized carbons (Fsp3) is 0.529. The summed E-state index contributed by atoms with van der Waals surface area (Å²) >= 11 is 0. The molecule has 21 heavy (non-hydrogen) atoms. The summed E-state index contributed by atoms with van der Waals surface area (Å²) in [4.78, 5) is 28.2. The average Bonchev–Trinajstić information content (AvgIpc) is 2.51. The van der Waals surface area contributed by atoms with E-state index in [0.29, 0.717) is 5.92 Å². The molecule has 0 spiro atoms. The number of hydrogen-bond donors (Lipinski definition) is 0. The van der Waals surface area contributed by atoms with Crippen molar-refractivity contribution in [2.45, 2.75) is 51.5 Å². The third-order valence-corrected chi connectivity index (χ3v) is 4.27. The van der Waals surface area contributed by atoms with E-state index in [0.717, 1.165) is 49.8 Å². The second-order valence-corrected chi connectivity index (χ2v) is 5.62. The van der Waals surface area contributed by atoms with Crippen molar-refractivity contribution >= 4 is 17.8 Å². The first-order valence-electron chi connectivity index (χ1n) is 7.53. The van der Waals surface area contributed by atoms with Gasteiger partial charge in [0.15, 0.2) is 0 Å². The minimum atomic E-state index is 0.175. The van der Waals surface area contributed by atoms with E-state index in [1.807, 2.05) is 12.1 Å². The Balaban J connectivity index is 2.00. The summed E-state index contributed by atoms with van der Waals surface area (Å²) in [6.07, 6.45) is 9.34. The molecule has 4 nitrogen and oxygen atoms in total. The highest BCUT2D eigenvalue weighted by Gasteiger charge is 2.21. The van der Waals surface area contributed by atoms with E-state index >= 15 is 0 Å². The zero-order valence-corrected chi connectivity index (χ0v) is 12.3. The van der Waals surface area contributed by atoms with Crippen LogP contribution in [0, 0.1) is 5.92 Å². The molecule has 0 atom stereocenters. The van der Waals surface area contributed by atoms with Crippen LogP contribution in [0.15, 0.2) is 28.2 Å². The highest BCUT2D eigenvalue weighted by Crippen LogP contribution is 2.30. The van der Waals surface area contributed by atoms with Crippen molar-refractivity contribution in [3.63, 3.8) is 0 Å². The Kier molecular flexibility index (Phi) is 5.62. The third-order valence-electron chi connectivity index (χ3n) is 4.27. The molecule has 0 unspecified atom stereocenters. The van der Waals surface area contributed by atoms with Crippen molar-refractivity contribution in [1.29, 1.82) is 0 Å². The minimum Gasteiger partial charge on any atom is -0.211 e. The second kappa shape index (κ2) is 7.68. The Labute approximate surface area is 125 Å². The van der Waals surface area contributed by atoms with Crippen LogP contribution in [-0.2, 0) is 22.4 Å². The van der Waals surface area contributed by atoms with Gasteiger partial charge >= 0.3 is 0 Å². The number of aliphatic imine (C=N–C) groups is 2. The van der Waals surface area contributed by atoms with Crippen LogP contribution in [0.25, 0.3) is 0 Å². The topological polar surface area (TPSA) is 58.9 Å². The molecular weight excluding hydrogens is 264 g/mol. The molecule has 1 aliphatic carbocycles. The van der Waals surface area contributed by atoms with Crippen molar-refractivity contribution in [2.24, 2.45) is 15.9 Å². The lowest BCUT2D eigenvalue weighted by Crippen LogP contribution is -2.18. The molecule has 1 fully saturated rings. The Morgan fingerprint density at radius 2 is 1.90 bits per heavy atom. The van der Waals surface area contributed by atoms with Crippen molar-refractivity contribution in [1.82, 2.24) is 0 Å². The highest BCUT2D eigenvalue weighted by molar-refractivity contribution is 5.54. The predicted octanol–water partition coefficient (Wildman–Crippen LogP) is 3.65. The lowest BCUT2D eigenvalue weighted by atomic mass is 9.82. The van der Waals surface area contributed by atoms with Crippen molar-refractivity contribution in [3.05, 3.63) is 29.3 Å². The van der Waals surface area contributed by atoms with Gasteiger partial charge < -0.3 is 0 Å². The normalized spacial score (nSPS) is 21.2. The van der Waals surface area contributed by atoms with Crippen molar-refractivity contribution in [3.8, 4) is 0 Å². The van der Waals surface area contributed by atoms with E-state index in [4.69, 9.17) is 0 Å².